The Hall–Kier alpha value is -4.71. The van der Waals surface area contributed by atoms with E-state index in [9.17, 15) is 0 Å². The number of anilines is 1. The topological polar surface area (TPSA) is 83.8 Å². The fourth-order valence-corrected chi connectivity index (χ4v) is 6.32. The average Bonchev–Trinajstić information content (AvgIpc) is 4.10. The van der Waals surface area contributed by atoms with Crippen LogP contribution < -0.4 is 9.64 Å². The molecule has 0 aliphatic heterocycles. The van der Waals surface area contributed by atoms with E-state index in [0.29, 0.717) is 5.88 Å². The predicted molar refractivity (Wildman–Crippen MR) is 244 cm³/mol. The van der Waals surface area contributed by atoms with Crippen LogP contribution in [0.3, 0.4) is 0 Å². The molecular weight excluding hydrogens is 1530 g/mol. The number of hydrogen-bond acceptors (Lipinski definition) is 6. The number of methoxy groups -OCH3 is 1. The van der Waals surface area contributed by atoms with Gasteiger partial charge in [-0.1, -0.05) is 37.3 Å². The van der Waals surface area contributed by atoms with Gasteiger partial charge in [0.15, 0.2) is 5.82 Å². The molecule has 0 bridgehead atoms. The zero-order chi connectivity index (χ0) is 43.1. The first-order valence-corrected chi connectivity index (χ1v) is 20.0. The van der Waals surface area contributed by atoms with Gasteiger partial charge in [0, 0.05) is 140 Å². The number of hydrogen-bond donors (Lipinski definition) is 0. The number of aryl methyl sites for hydroxylation is 5. The summed E-state index contributed by atoms with van der Waals surface area (Å²) < 4.78 is 12.5. The Morgan fingerprint density at radius 2 is 0.877 bits per heavy atom. The molecule has 0 saturated carbocycles. The van der Waals surface area contributed by atoms with E-state index in [1.54, 1.807) is 11.8 Å². The SMILES string of the molecule is CCc1nn(-c2[c-]cccc2)cc1C.COc1nn(-c2[c-]cccc2)cc1C.Cc1cn(-c2[c-]cccc2)nc1-c1ccccc1.Cc1cn(-c2[c-]cccc2)nc1N(C)C.[Pt].[Pt].[Pt].[Pt]. The molecule has 0 atom stereocenters. The number of benzene rings is 5. The maximum absolute atomic E-state index is 5.10. The fourth-order valence-electron chi connectivity index (χ4n) is 6.32. The van der Waals surface area contributed by atoms with Gasteiger partial charge in [0.25, 0.3) is 0 Å². The van der Waals surface area contributed by atoms with Crippen molar-refractivity contribution in [3.8, 4) is 39.9 Å². The van der Waals surface area contributed by atoms with E-state index in [4.69, 9.17) is 4.74 Å². The van der Waals surface area contributed by atoms with Crippen LogP contribution >= 0.6 is 0 Å². The molecule has 0 saturated heterocycles. The van der Waals surface area contributed by atoms with Gasteiger partial charge < -0.3 is 9.64 Å². The van der Waals surface area contributed by atoms with Crippen molar-refractivity contribution in [1.82, 2.24) is 39.1 Å². The third-order valence-corrected chi connectivity index (χ3v) is 9.38. The molecule has 9 rings (SSSR count). The van der Waals surface area contributed by atoms with Gasteiger partial charge in [0.2, 0.25) is 5.88 Å². The molecule has 5 aromatic carbocycles. The van der Waals surface area contributed by atoms with E-state index in [1.807, 2.05) is 180 Å². The largest absolute Gasteiger partial charge is 0.480 e. The summed E-state index contributed by atoms with van der Waals surface area (Å²) in [4.78, 5) is 2.01. The Morgan fingerprint density at radius 3 is 1.26 bits per heavy atom. The molecule has 0 spiro atoms. The maximum Gasteiger partial charge on any atom is 0.235 e. The van der Waals surface area contributed by atoms with Crippen LogP contribution in [0.25, 0.3) is 34.0 Å². The Labute approximate surface area is 441 Å². The van der Waals surface area contributed by atoms with Crippen molar-refractivity contribution in [2.75, 3.05) is 26.1 Å². The molecule has 4 heterocycles. The third kappa shape index (κ3) is 15.7. The Morgan fingerprint density at radius 1 is 0.477 bits per heavy atom. The molecule has 10 nitrogen and oxygen atoms in total. The number of rotatable bonds is 8. The molecule has 4 aromatic heterocycles. The Kier molecular flexibility index (Phi) is 24.6. The summed E-state index contributed by atoms with van der Waals surface area (Å²) in [6, 6.07) is 54.0. The number of para-hydroxylation sites is 4. The van der Waals surface area contributed by atoms with Gasteiger partial charge in [-0.3, -0.25) is 18.7 Å². The van der Waals surface area contributed by atoms with Crippen LogP contribution in [0.15, 0.2) is 152 Å². The van der Waals surface area contributed by atoms with E-state index < -0.39 is 0 Å². The zero-order valence-corrected chi connectivity index (χ0v) is 46.4. The van der Waals surface area contributed by atoms with Gasteiger partial charge in [-0.15, -0.1) is 29.4 Å². The van der Waals surface area contributed by atoms with E-state index in [-0.39, 0.29) is 84.3 Å². The molecule has 0 amide bonds. The number of ether oxygens (including phenoxy) is 1. The molecular formula is C51H51N9OPt4-4. The van der Waals surface area contributed by atoms with E-state index >= 15 is 0 Å². The standard InChI is InChI=1S/C16H13N2.C12H14N3.C12H13N2.C11H11N2O.4Pt/c1-13-12-18(15-10-6-3-7-11-15)17-16(13)14-8-4-2-5-9-14;1-10-9-15(13-12(10)14(2)3)11-7-5-4-6-8-11;1-3-12-10(2)9-14(13-12)11-7-5-4-6-8-11;1-9-8-13(12-11(9)14-2)10-6-4-3-5-7-10;;;;/h2-10,12H,1H3;4-7,9H,1-3H3;4-7,9H,3H2,1-2H3;3-6,8H,1-2H3;;;;/q4*-1;;;;. The second-order valence-electron chi connectivity index (χ2n) is 14.3. The molecule has 65 heavy (non-hydrogen) atoms. The smallest absolute Gasteiger partial charge is 0.235 e. The first kappa shape index (κ1) is 56.4. The van der Waals surface area contributed by atoms with Gasteiger partial charge in [-0.05, 0) is 68.0 Å². The minimum atomic E-state index is 0. The first-order valence-electron chi connectivity index (χ1n) is 20.0. The van der Waals surface area contributed by atoms with Crippen molar-refractivity contribution >= 4 is 5.82 Å². The summed E-state index contributed by atoms with van der Waals surface area (Å²) in [6.45, 7) is 10.3. The molecule has 350 valence electrons. The van der Waals surface area contributed by atoms with E-state index in [1.165, 1.54) is 11.1 Å². The first-order chi connectivity index (χ1) is 29.6. The van der Waals surface area contributed by atoms with Gasteiger partial charge in [-0.2, -0.15) is 112 Å². The van der Waals surface area contributed by atoms with Crippen LogP contribution in [0.2, 0.25) is 0 Å². The van der Waals surface area contributed by atoms with Crippen LogP contribution in [-0.4, -0.2) is 60.3 Å². The van der Waals surface area contributed by atoms with Crippen LogP contribution in [0.4, 0.5) is 5.82 Å². The minimum absolute atomic E-state index is 0. The van der Waals surface area contributed by atoms with Crippen LogP contribution in [-0.2, 0) is 90.7 Å². The van der Waals surface area contributed by atoms with Gasteiger partial charge >= 0.3 is 0 Å². The summed E-state index contributed by atoms with van der Waals surface area (Å²) in [6.07, 6.45) is 9.00. The molecule has 0 unspecified atom stereocenters. The molecule has 0 aliphatic carbocycles. The molecule has 0 fully saturated rings. The minimum Gasteiger partial charge on any atom is -0.480 e. The summed E-state index contributed by atoms with van der Waals surface area (Å²) in [5.41, 5.74) is 11.7. The van der Waals surface area contributed by atoms with Crippen molar-refractivity contribution in [3.63, 3.8) is 0 Å². The van der Waals surface area contributed by atoms with Crippen molar-refractivity contribution in [2.45, 2.75) is 41.0 Å². The van der Waals surface area contributed by atoms with Crippen molar-refractivity contribution in [3.05, 3.63) is 204 Å². The molecule has 0 N–H and O–H groups in total. The predicted octanol–water partition coefficient (Wildman–Crippen LogP) is 10.2. The zero-order valence-electron chi connectivity index (χ0n) is 37.3. The van der Waals surface area contributed by atoms with Crippen molar-refractivity contribution in [1.29, 1.82) is 0 Å². The van der Waals surface area contributed by atoms with E-state index in [0.717, 1.165) is 63.1 Å². The fraction of sp³-hybridized carbons (Fsp3) is 0.176. The number of nitrogens with zero attached hydrogens (tertiary/aromatic N) is 9. The van der Waals surface area contributed by atoms with Gasteiger partial charge in [-0.25, -0.2) is 0 Å². The average molecular weight is 1590 g/mol. The summed E-state index contributed by atoms with van der Waals surface area (Å²) in [5, 5.41) is 17.9. The molecule has 14 heteroatoms. The molecule has 0 aliphatic rings. The second kappa shape index (κ2) is 28.4. The third-order valence-electron chi connectivity index (χ3n) is 9.38. The van der Waals surface area contributed by atoms with Crippen molar-refractivity contribution < 1.29 is 89.0 Å². The Bertz CT molecular complexity index is 2600. The number of aromatic nitrogens is 8. The summed E-state index contributed by atoms with van der Waals surface area (Å²) >= 11 is 0. The van der Waals surface area contributed by atoms with Gasteiger partial charge in [0.1, 0.15) is 0 Å². The summed E-state index contributed by atoms with van der Waals surface area (Å²) in [5.74, 6) is 1.65. The normalized spacial score (nSPS) is 9.72. The molecule has 9 aromatic rings. The Balaban J connectivity index is 0.000000293. The quantitative estimate of drug-likeness (QED) is 0.141. The second-order valence-corrected chi connectivity index (χ2v) is 14.3. The molecule has 0 radical (unpaired) electrons. The summed E-state index contributed by atoms with van der Waals surface area (Å²) in [7, 11) is 5.61. The maximum atomic E-state index is 5.10. The van der Waals surface area contributed by atoms with Gasteiger partial charge in [0.05, 0.1) is 18.5 Å². The van der Waals surface area contributed by atoms with Crippen LogP contribution in [0, 0.1) is 52.0 Å². The van der Waals surface area contributed by atoms with Crippen LogP contribution in [0.5, 0.6) is 5.88 Å². The van der Waals surface area contributed by atoms with E-state index in [2.05, 4.69) is 84.5 Å². The monoisotopic (exact) mass is 1590 g/mol. The van der Waals surface area contributed by atoms with Crippen molar-refractivity contribution in [2.24, 2.45) is 0 Å². The van der Waals surface area contributed by atoms with Crippen LogP contribution in [0.1, 0.15) is 34.9 Å².